The molecule has 1 aromatic carbocycles. The fourth-order valence-corrected chi connectivity index (χ4v) is 1.38. The van der Waals surface area contributed by atoms with Crippen molar-refractivity contribution < 1.29 is 19.0 Å². The van der Waals surface area contributed by atoms with Gasteiger partial charge in [0.15, 0.2) is 0 Å². The number of aliphatic hydroxyl groups is 1. The zero-order valence-electron chi connectivity index (χ0n) is 10.6. The SMILES string of the molecule is COCCC(C)Oc1ccc(C#CCO)c(F)c1. The average Bonchev–Trinajstić information content (AvgIpc) is 2.35. The van der Waals surface area contributed by atoms with Crippen molar-refractivity contribution in [1.82, 2.24) is 0 Å². The van der Waals surface area contributed by atoms with Gasteiger partial charge in [-0.05, 0) is 19.1 Å². The van der Waals surface area contributed by atoms with Crippen LogP contribution in [0.4, 0.5) is 4.39 Å². The highest BCUT2D eigenvalue weighted by molar-refractivity contribution is 5.39. The normalized spacial score (nSPS) is 11.6. The van der Waals surface area contributed by atoms with Crippen LogP contribution in [0.25, 0.3) is 0 Å². The number of aliphatic hydroxyl groups excluding tert-OH is 1. The van der Waals surface area contributed by atoms with Gasteiger partial charge in [0.2, 0.25) is 0 Å². The highest BCUT2D eigenvalue weighted by Gasteiger charge is 2.06. The molecule has 0 bridgehead atoms. The molecule has 1 aromatic rings. The topological polar surface area (TPSA) is 38.7 Å². The largest absolute Gasteiger partial charge is 0.491 e. The number of hydrogen-bond acceptors (Lipinski definition) is 3. The molecule has 1 unspecified atom stereocenters. The smallest absolute Gasteiger partial charge is 0.142 e. The zero-order chi connectivity index (χ0) is 13.4. The molecule has 0 aliphatic rings. The third kappa shape index (κ3) is 4.74. The van der Waals surface area contributed by atoms with Crippen LogP contribution >= 0.6 is 0 Å². The minimum Gasteiger partial charge on any atom is -0.491 e. The van der Waals surface area contributed by atoms with E-state index in [1.807, 2.05) is 6.92 Å². The van der Waals surface area contributed by atoms with Gasteiger partial charge in [0.05, 0.1) is 11.7 Å². The number of benzene rings is 1. The van der Waals surface area contributed by atoms with Crippen molar-refractivity contribution in [3.05, 3.63) is 29.6 Å². The van der Waals surface area contributed by atoms with Gasteiger partial charge in [0.1, 0.15) is 18.2 Å². The summed E-state index contributed by atoms with van der Waals surface area (Å²) >= 11 is 0. The highest BCUT2D eigenvalue weighted by Crippen LogP contribution is 2.18. The Labute approximate surface area is 107 Å². The lowest BCUT2D eigenvalue weighted by Crippen LogP contribution is -2.14. The molecule has 0 saturated heterocycles. The number of methoxy groups -OCH3 is 1. The van der Waals surface area contributed by atoms with Crippen LogP contribution in [0, 0.1) is 17.7 Å². The fraction of sp³-hybridized carbons (Fsp3) is 0.429. The molecule has 0 aromatic heterocycles. The summed E-state index contributed by atoms with van der Waals surface area (Å²) in [6.45, 7) is 2.21. The average molecular weight is 252 g/mol. The molecule has 3 nitrogen and oxygen atoms in total. The zero-order valence-corrected chi connectivity index (χ0v) is 10.6. The molecule has 0 fully saturated rings. The quantitative estimate of drug-likeness (QED) is 0.814. The van der Waals surface area contributed by atoms with E-state index in [2.05, 4.69) is 11.8 Å². The molecule has 4 heteroatoms. The summed E-state index contributed by atoms with van der Waals surface area (Å²) in [5.41, 5.74) is 0.251. The fourth-order valence-electron chi connectivity index (χ4n) is 1.38. The van der Waals surface area contributed by atoms with E-state index in [9.17, 15) is 4.39 Å². The Kier molecular flexibility index (Phi) is 6.20. The summed E-state index contributed by atoms with van der Waals surface area (Å²) in [5, 5.41) is 8.54. The predicted molar refractivity (Wildman–Crippen MR) is 66.9 cm³/mol. The summed E-state index contributed by atoms with van der Waals surface area (Å²) in [5.74, 6) is 4.94. The van der Waals surface area contributed by atoms with Crippen LogP contribution in [0.15, 0.2) is 18.2 Å². The number of rotatable bonds is 5. The van der Waals surface area contributed by atoms with Gasteiger partial charge < -0.3 is 14.6 Å². The maximum atomic E-state index is 13.6. The van der Waals surface area contributed by atoms with Gasteiger partial charge in [-0.25, -0.2) is 4.39 Å². The van der Waals surface area contributed by atoms with Crippen molar-refractivity contribution in [2.45, 2.75) is 19.4 Å². The van der Waals surface area contributed by atoms with Gasteiger partial charge in [-0.1, -0.05) is 11.8 Å². The molecule has 0 saturated carbocycles. The van der Waals surface area contributed by atoms with E-state index in [-0.39, 0.29) is 18.3 Å². The van der Waals surface area contributed by atoms with E-state index < -0.39 is 5.82 Å². The standard InChI is InChI=1S/C14H17FO3/c1-11(7-9-17-2)18-13-6-5-12(4-3-8-16)14(15)10-13/h5-6,10-11,16H,7-9H2,1-2H3. The molecule has 1 N–H and O–H groups in total. The molecule has 0 heterocycles. The van der Waals surface area contributed by atoms with Crippen molar-refractivity contribution in [3.8, 4) is 17.6 Å². The van der Waals surface area contributed by atoms with Gasteiger partial charge >= 0.3 is 0 Å². The van der Waals surface area contributed by atoms with Crippen LogP contribution in [-0.4, -0.2) is 31.5 Å². The Bertz CT molecular complexity index is 434. The van der Waals surface area contributed by atoms with E-state index in [4.69, 9.17) is 14.6 Å². The van der Waals surface area contributed by atoms with E-state index in [0.717, 1.165) is 6.42 Å². The molecular formula is C14H17FO3. The number of halogens is 1. The van der Waals surface area contributed by atoms with Gasteiger partial charge in [-0.15, -0.1) is 0 Å². The summed E-state index contributed by atoms with van der Waals surface area (Å²) in [7, 11) is 1.63. The van der Waals surface area contributed by atoms with Crippen LogP contribution in [0.2, 0.25) is 0 Å². The molecule has 0 aliphatic heterocycles. The van der Waals surface area contributed by atoms with Crippen LogP contribution in [0.1, 0.15) is 18.9 Å². The van der Waals surface area contributed by atoms with Gasteiger partial charge in [0.25, 0.3) is 0 Å². The lowest BCUT2D eigenvalue weighted by atomic mass is 10.2. The first-order valence-corrected chi connectivity index (χ1v) is 5.72. The molecule has 98 valence electrons. The predicted octanol–water partition coefficient (Wildman–Crippen LogP) is 1.97. The van der Waals surface area contributed by atoms with E-state index in [1.54, 1.807) is 13.2 Å². The minimum atomic E-state index is -0.451. The first kappa shape index (κ1) is 14.5. The lowest BCUT2D eigenvalue weighted by Gasteiger charge is -2.14. The van der Waals surface area contributed by atoms with Gasteiger partial charge in [-0.3, -0.25) is 0 Å². The lowest BCUT2D eigenvalue weighted by molar-refractivity contribution is 0.135. The van der Waals surface area contributed by atoms with Crippen LogP contribution in [0.5, 0.6) is 5.75 Å². The van der Waals surface area contributed by atoms with E-state index in [0.29, 0.717) is 12.4 Å². The monoisotopic (exact) mass is 252 g/mol. The third-order valence-electron chi connectivity index (χ3n) is 2.31. The van der Waals surface area contributed by atoms with E-state index >= 15 is 0 Å². The Morgan fingerprint density at radius 2 is 2.22 bits per heavy atom. The Morgan fingerprint density at radius 1 is 1.44 bits per heavy atom. The second-order valence-corrected chi connectivity index (χ2v) is 3.81. The van der Waals surface area contributed by atoms with Crippen LogP contribution in [0.3, 0.4) is 0 Å². The second kappa shape index (κ2) is 7.70. The van der Waals surface area contributed by atoms with Crippen LogP contribution < -0.4 is 4.74 Å². The van der Waals surface area contributed by atoms with Crippen LogP contribution in [-0.2, 0) is 4.74 Å². The molecular weight excluding hydrogens is 235 g/mol. The Morgan fingerprint density at radius 3 is 2.83 bits per heavy atom. The minimum absolute atomic E-state index is 0.0428. The summed E-state index contributed by atoms with van der Waals surface area (Å²) in [4.78, 5) is 0. The third-order valence-corrected chi connectivity index (χ3v) is 2.31. The second-order valence-electron chi connectivity index (χ2n) is 3.81. The highest BCUT2D eigenvalue weighted by atomic mass is 19.1. The number of ether oxygens (including phenoxy) is 2. The molecule has 1 atom stereocenters. The van der Waals surface area contributed by atoms with Crippen molar-refractivity contribution in [3.63, 3.8) is 0 Å². The van der Waals surface area contributed by atoms with Crippen molar-refractivity contribution >= 4 is 0 Å². The maximum Gasteiger partial charge on any atom is 0.142 e. The molecule has 1 rings (SSSR count). The molecule has 0 amide bonds. The Hall–Kier alpha value is -1.57. The molecule has 0 aliphatic carbocycles. The van der Waals surface area contributed by atoms with E-state index in [1.165, 1.54) is 12.1 Å². The van der Waals surface area contributed by atoms with Crippen molar-refractivity contribution in [2.24, 2.45) is 0 Å². The summed E-state index contributed by atoms with van der Waals surface area (Å²) in [6, 6.07) is 4.49. The van der Waals surface area contributed by atoms with Gasteiger partial charge in [-0.2, -0.15) is 0 Å². The molecule has 0 spiro atoms. The summed E-state index contributed by atoms with van der Waals surface area (Å²) in [6.07, 6.45) is 0.697. The maximum absolute atomic E-state index is 13.6. The molecule has 18 heavy (non-hydrogen) atoms. The molecule has 0 radical (unpaired) electrons. The summed E-state index contributed by atoms with van der Waals surface area (Å²) < 4.78 is 24.1. The number of hydrogen-bond donors (Lipinski definition) is 1. The van der Waals surface area contributed by atoms with Crippen molar-refractivity contribution in [1.29, 1.82) is 0 Å². The Balaban J connectivity index is 2.66. The van der Waals surface area contributed by atoms with Crippen molar-refractivity contribution in [2.75, 3.05) is 20.3 Å². The first-order valence-electron chi connectivity index (χ1n) is 5.72. The van der Waals surface area contributed by atoms with Gasteiger partial charge in [0, 0.05) is 26.2 Å². The first-order chi connectivity index (χ1) is 8.67.